The van der Waals surface area contributed by atoms with E-state index < -0.39 is 0 Å². The summed E-state index contributed by atoms with van der Waals surface area (Å²) < 4.78 is 5.38. The molecule has 0 aliphatic rings. The zero-order valence-corrected chi connectivity index (χ0v) is 11.0. The highest BCUT2D eigenvalue weighted by molar-refractivity contribution is 6.32. The van der Waals surface area contributed by atoms with Crippen molar-refractivity contribution >= 4 is 17.5 Å². The smallest absolute Gasteiger partial charge is 0.260 e. The van der Waals surface area contributed by atoms with Gasteiger partial charge in [-0.3, -0.25) is 4.79 Å². The molecule has 0 heterocycles. The van der Waals surface area contributed by atoms with Crippen LogP contribution >= 0.6 is 11.6 Å². The fraction of sp³-hybridized carbons (Fsp3) is 0.462. The molecule has 1 aromatic carbocycles. The quantitative estimate of drug-likeness (QED) is 0.782. The Labute approximate surface area is 107 Å². The van der Waals surface area contributed by atoms with E-state index in [1.54, 1.807) is 24.1 Å². The molecular weight excluding hydrogens is 238 g/mol. The SMILES string of the molecule is CCCCN(C)C(=O)COc1ccccc1Cl. The Morgan fingerprint density at radius 3 is 2.76 bits per heavy atom. The lowest BCUT2D eigenvalue weighted by atomic mass is 10.3. The average molecular weight is 256 g/mol. The molecule has 3 nitrogen and oxygen atoms in total. The molecule has 0 N–H and O–H groups in total. The largest absolute Gasteiger partial charge is 0.482 e. The second-order valence-electron chi connectivity index (χ2n) is 3.89. The molecule has 0 aliphatic heterocycles. The van der Waals surface area contributed by atoms with Crippen LogP contribution < -0.4 is 4.74 Å². The standard InChI is InChI=1S/C13H18ClNO2/c1-3-4-9-15(2)13(16)10-17-12-8-6-5-7-11(12)14/h5-8H,3-4,9-10H2,1-2H3. The normalized spacial score (nSPS) is 10.1. The topological polar surface area (TPSA) is 29.5 Å². The minimum Gasteiger partial charge on any atom is -0.482 e. The van der Waals surface area contributed by atoms with Crippen molar-refractivity contribution in [3.63, 3.8) is 0 Å². The predicted octanol–water partition coefficient (Wildman–Crippen LogP) is 2.98. The molecule has 0 saturated heterocycles. The van der Waals surface area contributed by atoms with E-state index in [1.165, 1.54) is 0 Å². The summed E-state index contributed by atoms with van der Waals surface area (Å²) >= 11 is 5.92. The van der Waals surface area contributed by atoms with Gasteiger partial charge in [-0.25, -0.2) is 0 Å². The van der Waals surface area contributed by atoms with Gasteiger partial charge in [-0.1, -0.05) is 37.1 Å². The minimum absolute atomic E-state index is 0.0293. The maximum Gasteiger partial charge on any atom is 0.260 e. The summed E-state index contributed by atoms with van der Waals surface area (Å²) in [6.45, 7) is 2.89. The Bertz CT molecular complexity index is 368. The van der Waals surface area contributed by atoms with E-state index in [0.717, 1.165) is 19.4 Å². The van der Waals surface area contributed by atoms with E-state index in [9.17, 15) is 4.79 Å². The lowest BCUT2D eigenvalue weighted by Crippen LogP contribution is -2.32. The number of nitrogens with zero attached hydrogens (tertiary/aromatic N) is 1. The molecule has 1 rings (SSSR count). The molecule has 4 heteroatoms. The van der Waals surface area contributed by atoms with Crippen molar-refractivity contribution in [1.82, 2.24) is 4.90 Å². The second-order valence-corrected chi connectivity index (χ2v) is 4.30. The van der Waals surface area contributed by atoms with Gasteiger partial charge in [-0.15, -0.1) is 0 Å². The predicted molar refractivity (Wildman–Crippen MR) is 69.5 cm³/mol. The van der Waals surface area contributed by atoms with Crippen LogP contribution in [0.4, 0.5) is 0 Å². The van der Waals surface area contributed by atoms with Gasteiger partial charge < -0.3 is 9.64 Å². The highest BCUT2D eigenvalue weighted by atomic mass is 35.5. The zero-order valence-electron chi connectivity index (χ0n) is 10.3. The molecule has 0 saturated carbocycles. The Balaban J connectivity index is 2.40. The van der Waals surface area contributed by atoms with Gasteiger partial charge in [0.2, 0.25) is 0 Å². The van der Waals surface area contributed by atoms with Crippen LogP contribution in [0.25, 0.3) is 0 Å². The number of hydrogen-bond donors (Lipinski definition) is 0. The fourth-order valence-electron chi connectivity index (χ4n) is 1.33. The van der Waals surface area contributed by atoms with Crippen LogP contribution in [0, 0.1) is 0 Å². The first-order valence-electron chi connectivity index (χ1n) is 5.76. The third kappa shape index (κ3) is 4.65. The number of halogens is 1. The van der Waals surface area contributed by atoms with Crippen LogP contribution in [-0.4, -0.2) is 31.0 Å². The molecule has 0 fully saturated rings. The van der Waals surface area contributed by atoms with Crippen molar-refractivity contribution in [2.75, 3.05) is 20.2 Å². The van der Waals surface area contributed by atoms with Gasteiger partial charge in [-0.05, 0) is 18.6 Å². The number of ether oxygens (including phenoxy) is 1. The molecule has 1 aromatic rings. The van der Waals surface area contributed by atoms with E-state index in [1.807, 2.05) is 12.1 Å². The molecular formula is C13H18ClNO2. The Morgan fingerprint density at radius 1 is 1.41 bits per heavy atom. The van der Waals surface area contributed by atoms with Crippen LogP contribution in [0.5, 0.6) is 5.75 Å². The maximum absolute atomic E-state index is 11.7. The Hall–Kier alpha value is -1.22. The molecule has 1 amide bonds. The van der Waals surface area contributed by atoms with Crippen molar-refractivity contribution in [2.45, 2.75) is 19.8 Å². The van der Waals surface area contributed by atoms with Crippen LogP contribution in [0.2, 0.25) is 5.02 Å². The lowest BCUT2D eigenvalue weighted by molar-refractivity contribution is -0.132. The highest BCUT2D eigenvalue weighted by Gasteiger charge is 2.09. The first-order chi connectivity index (χ1) is 8.15. The van der Waals surface area contributed by atoms with Crippen molar-refractivity contribution in [1.29, 1.82) is 0 Å². The van der Waals surface area contributed by atoms with Gasteiger partial charge >= 0.3 is 0 Å². The van der Waals surface area contributed by atoms with Gasteiger partial charge in [0, 0.05) is 13.6 Å². The molecule has 0 atom stereocenters. The maximum atomic E-state index is 11.7. The number of benzene rings is 1. The fourth-order valence-corrected chi connectivity index (χ4v) is 1.52. The number of likely N-dealkylation sites (N-methyl/N-ethyl adjacent to an activating group) is 1. The van der Waals surface area contributed by atoms with Crippen molar-refractivity contribution < 1.29 is 9.53 Å². The van der Waals surface area contributed by atoms with Gasteiger partial charge in [0.05, 0.1) is 5.02 Å². The summed E-state index contributed by atoms with van der Waals surface area (Å²) in [7, 11) is 1.79. The Morgan fingerprint density at radius 2 is 2.12 bits per heavy atom. The monoisotopic (exact) mass is 255 g/mol. The third-order valence-electron chi connectivity index (χ3n) is 2.46. The number of amides is 1. The number of rotatable bonds is 6. The van der Waals surface area contributed by atoms with Crippen LogP contribution in [0.15, 0.2) is 24.3 Å². The lowest BCUT2D eigenvalue weighted by Gasteiger charge is -2.17. The number of para-hydroxylation sites is 1. The summed E-state index contributed by atoms with van der Waals surface area (Å²) in [5.41, 5.74) is 0. The van der Waals surface area contributed by atoms with E-state index in [4.69, 9.17) is 16.3 Å². The third-order valence-corrected chi connectivity index (χ3v) is 2.77. The summed E-state index contributed by atoms with van der Waals surface area (Å²) in [4.78, 5) is 13.4. The molecule has 0 bridgehead atoms. The van der Waals surface area contributed by atoms with E-state index >= 15 is 0 Å². The molecule has 0 aromatic heterocycles. The number of carbonyl (C=O) groups excluding carboxylic acids is 1. The number of unbranched alkanes of at least 4 members (excludes halogenated alkanes) is 1. The molecule has 0 spiro atoms. The van der Waals surface area contributed by atoms with E-state index in [-0.39, 0.29) is 12.5 Å². The van der Waals surface area contributed by atoms with Gasteiger partial charge in [0.15, 0.2) is 6.61 Å². The molecule has 94 valence electrons. The Kier molecular flexibility index (Phi) is 5.84. The van der Waals surface area contributed by atoms with Gasteiger partial charge in [0.25, 0.3) is 5.91 Å². The van der Waals surface area contributed by atoms with Crippen LogP contribution in [-0.2, 0) is 4.79 Å². The summed E-state index contributed by atoms with van der Waals surface area (Å²) in [6.07, 6.45) is 2.08. The average Bonchev–Trinajstić information content (AvgIpc) is 2.34. The molecule has 0 aliphatic carbocycles. The first-order valence-corrected chi connectivity index (χ1v) is 6.14. The van der Waals surface area contributed by atoms with Crippen LogP contribution in [0.3, 0.4) is 0 Å². The zero-order chi connectivity index (χ0) is 12.7. The van der Waals surface area contributed by atoms with Crippen LogP contribution in [0.1, 0.15) is 19.8 Å². The summed E-state index contributed by atoms with van der Waals surface area (Å²) in [6, 6.07) is 7.14. The summed E-state index contributed by atoms with van der Waals surface area (Å²) in [5.74, 6) is 0.518. The molecule has 17 heavy (non-hydrogen) atoms. The summed E-state index contributed by atoms with van der Waals surface area (Å²) in [5, 5.41) is 0.525. The highest BCUT2D eigenvalue weighted by Crippen LogP contribution is 2.22. The molecule has 0 radical (unpaired) electrons. The minimum atomic E-state index is -0.0293. The van der Waals surface area contributed by atoms with Crippen molar-refractivity contribution in [3.8, 4) is 5.75 Å². The molecule has 0 unspecified atom stereocenters. The van der Waals surface area contributed by atoms with E-state index in [0.29, 0.717) is 10.8 Å². The van der Waals surface area contributed by atoms with Gasteiger partial charge in [0.1, 0.15) is 5.75 Å². The van der Waals surface area contributed by atoms with E-state index in [2.05, 4.69) is 6.92 Å². The first kappa shape index (κ1) is 13.8. The number of hydrogen-bond acceptors (Lipinski definition) is 2. The number of carbonyl (C=O) groups is 1. The van der Waals surface area contributed by atoms with Gasteiger partial charge in [-0.2, -0.15) is 0 Å². The van der Waals surface area contributed by atoms with Crippen molar-refractivity contribution in [3.05, 3.63) is 29.3 Å². The second kappa shape index (κ2) is 7.17. The van der Waals surface area contributed by atoms with Crippen molar-refractivity contribution in [2.24, 2.45) is 0 Å².